The Hall–Kier alpha value is -2.06. The zero-order chi connectivity index (χ0) is 17.9. The van der Waals surface area contributed by atoms with Crippen LogP contribution in [0.1, 0.15) is 18.3 Å². The van der Waals surface area contributed by atoms with Gasteiger partial charge in [0.2, 0.25) is 11.9 Å². The van der Waals surface area contributed by atoms with Gasteiger partial charge in [-0.2, -0.15) is 9.97 Å². The van der Waals surface area contributed by atoms with E-state index in [1.165, 1.54) is 6.92 Å². The first-order valence-corrected chi connectivity index (χ1v) is 9.04. The number of amides is 1. The first kappa shape index (κ1) is 18.3. The number of nitrogens with one attached hydrogen (secondary N) is 1. The Kier molecular flexibility index (Phi) is 5.84. The predicted molar refractivity (Wildman–Crippen MR) is 99.2 cm³/mol. The molecule has 0 aliphatic carbocycles. The predicted octanol–water partition coefficient (Wildman–Crippen LogP) is 2.18. The average Bonchev–Trinajstić information content (AvgIpc) is 2.83. The summed E-state index contributed by atoms with van der Waals surface area (Å²) in [6.45, 7) is 7.13. The number of carbonyl (C=O) groups excluding carboxylic acids is 1. The van der Waals surface area contributed by atoms with Crippen molar-refractivity contribution in [2.24, 2.45) is 0 Å². The fourth-order valence-electron chi connectivity index (χ4n) is 2.11. The molecule has 1 atom stereocenters. The molecule has 8 heteroatoms. The molecule has 0 bridgehead atoms. The van der Waals surface area contributed by atoms with Crippen LogP contribution in [0.5, 0.6) is 0 Å². The molecule has 2 heterocycles. The first-order valence-electron chi connectivity index (χ1n) is 7.75. The summed E-state index contributed by atoms with van der Waals surface area (Å²) in [7, 11) is 5.61. The van der Waals surface area contributed by atoms with Crippen LogP contribution in [0.25, 0.3) is 5.03 Å². The van der Waals surface area contributed by atoms with Crippen molar-refractivity contribution in [2.75, 3.05) is 44.4 Å². The maximum atomic E-state index is 11.4. The van der Waals surface area contributed by atoms with E-state index >= 15 is 0 Å². The Labute approximate surface area is 145 Å². The number of hydrogen-bond donors (Lipinski definition) is 1. The van der Waals surface area contributed by atoms with Crippen molar-refractivity contribution in [3.8, 4) is 5.03 Å². The second-order valence-corrected chi connectivity index (χ2v) is 7.78. The molecule has 0 spiro atoms. The highest BCUT2D eigenvalue weighted by atomic mass is 32.2. The van der Waals surface area contributed by atoms with Crippen molar-refractivity contribution >= 4 is 27.5 Å². The Balaban J connectivity index is 2.36. The Morgan fingerprint density at radius 2 is 1.83 bits per heavy atom. The number of aryl methyl sites for hydroxylation is 2. The highest BCUT2D eigenvalue weighted by Crippen LogP contribution is 2.38. The SMILES string of the molecule is CC(=O)Nc1nc(C)c[s+]1-c1cc(C)nc(N(C)CCN(C)C)n1. The number of thiazole rings is 1. The topological polar surface area (TPSA) is 74.2 Å². The number of anilines is 2. The first-order chi connectivity index (χ1) is 11.3. The second-order valence-electron chi connectivity index (χ2n) is 6.07. The highest BCUT2D eigenvalue weighted by molar-refractivity contribution is 7.41. The van der Waals surface area contributed by atoms with Crippen LogP contribution >= 0.6 is 10.5 Å². The lowest BCUT2D eigenvalue weighted by atomic mass is 10.4. The molecular formula is C16H25N6OS+. The molecule has 0 aliphatic heterocycles. The van der Waals surface area contributed by atoms with Crippen molar-refractivity contribution < 1.29 is 4.79 Å². The molecule has 0 fully saturated rings. The number of aromatic nitrogens is 3. The van der Waals surface area contributed by atoms with E-state index < -0.39 is 10.5 Å². The molecule has 0 saturated carbocycles. The molecule has 1 unspecified atom stereocenters. The number of likely N-dealkylation sites (N-methyl/N-ethyl adjacent to an activating group) is 2. The minimum absolute atomic E-state index is 0.122. The Morgan fingerprint density at radius 1 is 1.12 bits per heavy atom. The van der Waals surface area contributed by atoms with Gasteiger partial charge in [-0.15, -0.1) is 0 Å². The molecule has 0 saturated heterocycles. The third-order valence-electron chi connectivity index (χ3n) is 3.33. The lowest BCUT2D eigenvalue weighted by Gasteiger charge is -2.19. The largest absolute Gasteiger partial charge is 0.353 e. The lowest BCUT2D eigenvalue weighted by molar-refractivity contribution is -0.114. The second kappa shape index (κ2) is 7.67. The summed E-state index contributed by atoms with van der Waals surface area (Å²) in [5.41, 5.74) is 1.79. The zero-order valence-corrected chi connectivity index (χ0v) is 15.9. The van der Waals surface area contributed by atoms with Crippen LogP contribution in [-0.2, 0) is 4.79 Å². The van der Waals surface area contributed by atoms with Crippen LogP contribution in [0.4, 0.5) is 11.1 Å². The van der Waals surface area contributed by atoms with Crippen molar-refractivity contribution in [2.45, 2.75) is 20.8 Å². The minimum atomic E-state index is -0.461. The van der Waals surface area contributed by atoms with Gasteiger partial charge in [0.1, 0.15) is 0 Å². The number of nitrogens with zero attached hydrogens (tertiary/aromatic N) is 5. The summed E-state index contributed by atoms with van der Waals surface area (Å²) in [6, 6.07) is 1.96. The van der Waals surface area contributed by atoms with E-state index in [1.807, 2.05) is 51.3 Å². The quantitative estimate of drug-likeness (QED) is 0.806. The third kappa shape index (κ3) is 4.72. The van der Waals surface area contributed by atoms with Gasteiger partial charge in [0.05, 0.1) is 16.2 Å². The fraction of sp³-hybridized carbons (Fsp3) is 0.500. The molecular weight excluding hydrogens is 324 g/mol. The van der Waals surface area contributed by atoms with E-state index in [-0.39, 0.29) is 5.91 Å². The van der Waals surface area contributed by atoms with Gasteiger partial charge in [-0.25, -0.2) is 4.98 Å². The van der Waals surface area contributed by atoms with Crippen molar-refractivity contribution in [3.05, 3.63) is 22.8 Å². The number of hydrogen-bond acceptors (Lipinski definition) is 6. The maximum absolute atomic E-state index is 11.4. The van der Waals surface area contributed by atoms with Gasteiger partial charge >= 0.3 is 5.13 Å². The van der Waals surface area contributed by atoms with Crippen LogP contribution < -0.4 is 10.2 Å². The van der Waals surface area contributed by atoms with Crippen LogP contribution in [0.2, 0.25) is 0 Å². The van der Waals surface area contributed by atoms with Gasteiger partial charge in [-0.05, 0) is 27.9 Å². The third-order valence-corrected chi connectivity index (χ3v) is 5.17. The van der Waals surface area contributed by atoms with Gasteiger partial charge in [-0.1, -0.05) is 0 Å². The number of rotatable bonds is 6. The summed E-state index contributed by atoms with van der Waals surface area (Å²) in [5.74, 6) is 0.572. The minimum Gasteiger partial charge on any atom is -0.342 e. The van der Waals surface area contributed by atoms with E-state index in [0.29, 0.717) is 11.1 Å². The standard InChI is InChI=1S/C16H24N6OS/c1-11-9-14(20-15(17-11)22(6)8-7-21(4)5)24-10-12(2)18-16(24)19-13(3)23/h9-10H,7-8H2,1-6H3/p+1. The molecule has 0 radical (unpaired) electrons. The van der Waals surface area contributed by atoms with E-state index in [0.717, 1.165) is 29.5 Å². The van der Waals surface area contributed by atoms with Gasteiger partial charge < -0.3 is 9.80 Å². The van der Waals surface area contributed by atoms with Crippen LogP contribution in [-0.4, -0.2) is 60.0 Å². The van der Waals surface area contributed by atoms with Crippen LogP contribution in [0, 0.1) is 13.8 Å². The van der Waals surface area contributed by atoms with Gasteiger partial charge in [-0.3, -0.25) is 10.1 Å². The zero-order valence-electron chi connectivity index (χ0n) is 15.1. The molecule has 7 nitrogen and oxygen atoms in total. The molecule has 2 rings (SSSR count). The van der Waals surface area contributed by atoms with E-state index in [9.17, 15) is 4.79 Å². The van der Waals surface area contributed by atoms with Gasteiger partial charge in [0, 0.05) is 38.8 Å². The molecule has 24 heavy (non-hydrogen) atoms. The van der Waals surface area contributed by atoms with Crippen molar-refractivity contribution in [3.63, 3.8) is 0 Å². The fourth-order valence-corrected chi connectivity index (χ4v) is 3.91. The summed E-state index contributed by atoms with van der Waals surface area (Å²) in [5, 5.41) is 6.38. The molecule has 1 N–H and O–H groups in total. The van der Waals surface area contributed by atoms with E-state index in [4.69, 9.17) is 4.98 Å². The monoisotopic (exact) mass is 349 g/mol. The van der Waals surface area contributed by atoms with Crippen LogP contribution in [0.15, 0.2) is 11.4 Å². The lowest BCUT2D eigenvalue weighted by Crippen LogP contribution is -2.29. The van der Waals surface area contributed by atoms with Gasteiger partial charge in [0.25, 0.3) is 5.03 Å². The maximum Gasteiger partial charge on any atom is 0.353 e. The Bertz CT molecular complexity index is 727. The van der Waals surface area contributed by atoms with Crippen molar-refractivity contribution in [1.82, 2.24) is 19.9 Å². The van der Waals surface area contributed by atoms with Crippen molar-refractivity contribution in [1.29, 1.82) is 0 Å². The molecule has 2 aromatic rings. The van der Waals surface area contributed by atoms with E-state index in [2.05, 4.69) is 20.2 Å². The molecule has 0 aromatic carbocycles. The van der Waals surface area contributed by atoms with E-state index in [1.54, 1.807) is 0 Å². The Morgan fingerprint density at radius 3 is 2.46 bits per heavy atom. The summed E-state index contributed by atoms with van der Waals surface area (Å²) >= 11 is 0. The summed E-state index contributed by atoms with van der Waals surface area (Å²) in [4.78, 5) is 29.3. The van der Waals surface area contributed by atoms with Gasteiger partial charge in [0.15, 0.2) is 5.38 Å². The molecule has 2 aromatic heterocycles. The molecule has 0 aliphatic rings. The average molecular weight is 349 g/mol. The summed E-state index contributed by atoms with van der Waals surface area (Å²) in [6.07, 6.45) is 0. The normalized spacial score (nSPS) is 11.7. The number of carbonyl (C=O) groups is 1. The van der Waals surface area contributed by atoms with Crippen LogP contribution in [0.3, 0.4) is 0 Å². The smallest absolute Gasteiger partial charge is 0.342 e. The molecule has 1 amide bonds. The summed E-state index contributed by atoms with van der Waals surface area (Å²) < 4.78 is 0. The highest BCUT2D eigenvalue weighted by Gasteiger charge is 2.24. The molecule has 130 valence electrons.